The molecule has 0 unspecified atom stereocenters. The fourth-order valence-corrected chi connectivity index (χ4v) is 3.21. The number of nitrogens with one attached hydrogen (secondary N) is 1. The van der Waals surface area contributed by atoms with Crippen LogP contribution in [0.3, 0.4) is 0 Å². The first-order chi connectivity index (χ1) is 7.74. The first-order valence-electron chi connectivity index (χ1n) is 5.60. The van der Waals surface area contributed by atoms with Gasteiger partial charge in [-0.05, 0) is 7.05 Å². The Morgan fingerprint density at radius 1 is 1.38 bits per heavy atom. The number of hydrogen-bond acceptors (Lipinski definition) is 6. The molecule has 0 aromatic heterocycles. The van der Waals surface area contributed by atoms with Crippen molar-refractivity contribution in [1.82, 2.24) is 5.32 Å². The molecule has 3 rings (SSSR count). The number of fused-ring (bicyclic) bond motifs is 4. The molecule has 0 radical (unpaired) electrons. The van der Waals surface area contributed by atoms with Gasteiger partial charge in [0.15, 0.2) is 6.29 Å². The van der Waals surface area contributed by atoms with Crippen LogP contribution in [0, 0.1) is 5.92 Å². The maximum absolute atomic E-state index is 10.4. The molecular weight excluding hydrogens is 214 g/mol. The second-order valence-electron chi connectivity index (χ2n) is 4.64. The van der Waals surface area contributed by atoms with Crippen LogP contribution in [-0.2, 0) is 14.2 Å². The van der Waals surface area contributed by atoms with Crippen molar-refractivity contribution in [3.63, 3.8) is 0 Å². The van der Waals surface area contributed by atoms with Crippen LogP contribution in [0.1, 0.15) is 0 Å². The highest BCUT2D eigenvalue weighted by Gasteiger charge is 2.65. The molecule has 3 fully saturated rings. The summed E-state index contributed by atoms with van der Waals surface area (Å²) in [6, 6.07) is 0. The van der Waals surface area contributed by atoms with Crippen molar-refractivity contribution in [3.05, 3.63) is 0 Å². The van der Waals surface area contributed by atoms with Crippen molar-refractivity contribution >= 4 is 0 Å². The molecule has 6 nitrogen and oxygen atoms in total. The van der Waals surface area contributed by atoms with E-state index in [0.717, 1.165) is 0 Å². The smallest absolute Gasteiger partial charge is 0.186 e. The second-order valence-corrected chi connectivity index (χ2v) is 4.64. The van der Waals surface area contributed by atoms with Crippen LogP contribution in [0.2, 0.25) is 0 Å². The van der Waals surface area contributed by atoms with Crippen LogP contribution in [-0.4, -0.2) is 67.2 Å². The van der Waals surface area contributed by atoms with Crippen LogP contribution in [0.25, 0.3) is 0 Å². The third-order valence-corrected chi connectivity index (χ3v) is 4.10. The van der Waals surface area contributed by atoms with E-state index >= 15 is 0 Å². The molecule has 3 N–H and O–H groups in total. The van der Waals surface area contributed by atoms with Gasteiger partial charge in [-0.15, -0.1) is 0 Å². The zero-order valence-corrected chi connectivity index (χ0v) is 9.13. The lowest BCUT2D eigenvalue weighted by Crippen LogP contribution is -2.71. The third-order valence-electron chi connectivity index (χ3n) is 4.10. The number of aliphatic hydroxyl groups is 2. The fourth-order valence-electron chi connectivity index (χ4n) is 3.21. The summed E-state index contributed by atoms with van der Waals surface area (Å²) < 4.78 is 16.6. The summed E-state index contributed by atoms with van der Waals surface area (Å²) in [5, 5.41) is 22.9. The van der Waals surface area contributed by atoms with Gasteiger partial charge < -0.3 is 29.7 Å². The van der Waals surface area contributed by atoms with Gasteiger partial charge in [0.2, 0.25) is 0 Å². The van der Waals surface area contributed by atoms with Crippen LogP contribution < -0.4 is 5.32 Å². The first kappa shape index (κ1) is 10.9. The Morgan fingerprint density at radius 2 is 2.19 bits per heavy atom. The minimum absolute atomic E-state index is 0.0200. The van der Waals surface area contributed by atoms with Gasteiger partial charge >= 0.3 is 0 Å². The Morgan fingerprint density at radius 3 is 2.88 bits per heavy atom. The van der Waals surface area contributed by atoms with Crippen LogP contribution in [0.15, 0.2) is 0 Å². The van der Waals surface area contributed by atoms with E-state index in [-0.39, 0.29) is 24.7 Å². The lowest BCUT2D eigenvalue weighted by molar-refractivity contribution is -0.214. The molecule has 3 aliphatic heterocycles. The van der Waals surface area contributed by atoms with Crippen LogP contribution in [0.4, 0.5) is 0 Å². The summed E-state index contributed by atoms with van der Waals surface area (Å²) in [5.41, 5.74) is -0.654. The lowest BCUT2D eigenvalue weighted by Gasteiger charge is -2.46. The van der Waals surface area contributed by atoms with Gasteiger partial charge in [-0.1, -0.05) is 0 Å². The highest BCUT2D eigenvalue weighted by Crippen LogP contribution is 2.44. The number of hydrogen-bond donors (Lipinski definition) is 3. The number of likely N-dealkylation sites (N-methyl/N-ethyl adjacent to an activating group) is 1. The lowest BCUT2D eigenvalue weighted by atomic mass is 9.74. The molecule has 3 aliphatic rings. The SMILES string of the molecule is CN[C@@]12[C@@H](CO)CO[C@@H]1[C@@H]1OC[C@@H](O1)[C@H]2O. The maximum Gasteiger partial charge on any atom is 0.186 e. The summed E-state index contributed by atoms with van der Waals surface area (Å²) in [6.45, 7) is 0.774. The van der Waals surface area contributed by atoms with Crippen molar-refractivity contribution in [2.75, 3.05) is 26.9 Å². The monoisotopic (exact) mass is 231 g/mol. The maximum atomic E-state index is 10.4. The summed E-state index contributed by atoms with van der Waals surface area (Å²) in [7, 11) is 1.78. The Bertz CT molecular complexity index is 288. The molecule has 0 spiro atoms. The summed E-state index contributed by atoms with van der Waals surface area (Å²) in [4.78, 5) is 0. The van der Waals surface area contributed by atoms with Gasteiger partial charge in [0.05, 0.1) is 25.4 Å². The fraction of sp³-hybridized carbons (Fsp3) is 1.00. The highest BCUT2D eigenvalue weighted by molar-refractivity contribution is 5.15. The number of aliphatic hydroxyl groups excluding tert-OH is 2. The minimum Gasteiger partial charge on any atom is -0.396 e. The van der Waals surface area contributed by atoms with E-state index in [0.29, 0.717) is 13.2 Å². The van der Waals surface area contributed by atoms with Gasteiger partial charge in [-0.3, -0.25) is 0 Å². The quantitative estimate of drug-likeness (QED) is 0.513. The summed E-state index contributed by atoms with van der Waals surface area (Å²) in [5.74, 6) is -0.131. The molecule has 92 valence electrons. The molecule has 0 amide bonds. The Kier molecular flexibility index (Phi) is 2.47. The predicted octanol–water partition coefficient (Wildman–Crippen LogP) is -1.93. The molecular formula is C10H17NO5. The Labute approximate surface area is 93.5 Å². The van der Waals surface area contributed by atoms with E-state index in [1.54, 1.807) is 7.05 Å². The normalized spacial score (nSPS) is 55.3. The van der Waals surface area contributed by atoms with Crippen molar-refractivity contribution in [1.29, 1.82) is 0 Å². The molecule has 3 heterocycles. The number of ether oxygens (including phenoxy) is 3. The van der Waals surface area contributed by atoms with E-state index in [1.165, 1.54) is 0 Å². The largest absolute Gasteiger partial charge is 0.396 e. The highest BCUT2D eigenvalue weighted by atomic mass is 16.7. The molecule has 0 aliphatic carbocycles. The molecule has 16 heavy (non-hydrogen) atoms. The summed E-state index contributed by atoms with van der Waals surface area (Å²) in [6.07, 6.45) is -1.84. The van der Waals surface area contributed by atoms with E-state index < -0.39 is 17.9 Å². The molecule has 0 aromatic rings. The Balaban J connectivity index is 2.00. The van der Waals surface area contributed by atoms with Gasteiger partial charge in [0.25, 0.3) is 0 Å². The molecule has 6 atom stereocenters. The van der Waals surface area contributed by atoms with E-state index in [2.05, 4.69) is 5.32 Å². The molecule has 0 aromatic carbocycles. The minimum atomic E-state index is -0.721. The predicted molar refractivity (Wildman–Crippen MR) is 52.7 cm³/mol. The molecule has 3 saturated heterocycles. The van der Waals surface area contributed by atoms with Crippen LogP contribution >= 0.6 is 0 Å². The first-order valence-corrected chi connectivity index (χ1v) is 5.60. The zero-order chi connectivity index (χ0) is 11.3. The van der Waals surface area contributed by atoms with E-state index in [4.69, 9.17) is 14.2 Å². The van der Waals surface area contributed by atoms with Crippen molar-refractivity contribution in [2.24, 2.45) is 5.92 Å². The van der Waals surface area contributed by atoms with E-state index in [9.17, 15) is 10.2 Å². The molecule has 0 saturated carbocycles. The Hall–Kier alpha value is -0.240. The van der Waals surface area contributed by atoms with Crippen molar-refractivity contribution in [3.8, 4) is 0 Å². The topological polar surface area (TPSA) is 80.2 Å². The van der Waals surface area contributed by atoms with Gasteiger partial charge in [0, 0.05) is 5.92 Å². The van der Waals surface area contributed by atoms with Crippen molar-refractivity contribution in [2.45, 2.75) is 30.1 Å². The average molecular weight is 231 g/mol. The molecule has 6 heteroatoms. The van der Waals surface area contributed by atoms with Crippen molar-refractivity contribution < 1.29 is 24.4 Å². The van der Waals surface area contributed by atoms with Gasteiger partial charge in [-0.25, -0.2) is 0 Å². The molecule has 2 bridgehead atoms. The zero-order valence-electron chi connectivity index (χ0n) is 9.13. The second kappa shape index (κ2) is 3.63. The average Bonchev–Trinajstić information content (AvgIpc) is 2.90. The van der Waals surface area contributed by atoms with E-state index in [1.807, 2.05) is 0 Å². The van der Waals surface area contributed by atoms with Crippen LogP contribution in [0.5, 0.6) is 0 Å². The third kappa shape index (κ3) is 1.12. The van der Waals surface area contributed by atoms with Gasteiger partial charge in [0.1, 0.15) is 18.3 Å². The van der Waals surface area contributed by atoms with Gasteiger partial charge in [-0.2, -0.15) is 0 Å². The standard InChI is InChI=1S/C10H17NO5/c1-11-10-5(2-12)3-14-8(10)9-15-4-6(16-9)7(10)13/h5-9,11-13H,2-4H2,1H3/t5-,6+,7+,8+,9+,10+/m0/s1. The summed E-state index contributed by atoms with van der Waals surface area (Å²) >= 11 is 0. The number of rotatable bonds is 2.